The molecule has 3 rings (SSSR count). The number of rotatable bonds is 1. The molecule has 2 nitrogen and oxygen atoms in total. The molecular formula is C20H32O2. The first-order valence-corrected chi connectivity index (χ1v) is 8.97. The molecule has 0 spiro atoms. The molecule has 2 heteroatoms. The van der Waals surface area contributed by atoms with E-state index in [2.05, 4.69) is 34.3 Å². The third kappa shape index (κ3) is 2.06. The molecule has 0 aliphatic heterocycles. The number of fused-ring (bicyclic) bond motifs is 3. The molecule has 124 valence electrons. The summed E-state index contributed by atoms with van der Waals surface area (Å²) < 4.78 is 0. The number of aliphatic hydroxyl groups is 1. The van der Waals surface area contributed by atoms with E-state index in [0.717, 1.165) is 19.3 Å². The molecule has 0 aromatic heterocycles. The van der Waals surface area contributed by atoms with Crippen LogP contribution in [0.4, 0.5) is 0 Å². The van der Waals surface area contributed by atoms with Crippen molar-refractivity contribution in [3.05, 3.63) is 12.7 Å². The van der Waals surface area contributed by atoms with Gasteiger partial charge in [-0.2, -0.15) is 0 Å². The summed E-state index contributed by atoms with van der Waals surface area (Å²) in [4.78, 5) is 13.0. The number of allylic oxidation sites excluding steroid dienone is 1. The number of hydrogen-bond donors (Lipinski definition) is 1. The van der Waals surface area contributed by atoms with Crippen LogP contribution in [0.1, 0.15) is 72.6 Å². The molecule has 0 saturated heterocycles. The zero-order chi connectivity index (χ0) is 16.4. The fraction of sp³-hybridized carbons (Fsp3) is 0.850. The van der Waals surface area contributed by atoms with E-state index < -0.39 is 5.60 Å². The van der Waals surface area contributed by atoms with E-state index in [0.29, 0.717) is 18.8 Å². The normalized spacial score (nSPS) is 50.9. The summed E-state index contributed by atoms with van der Waals surface area (Å²) in [5.41, 5.74) is -0.912. The molecule has 1 unspecified atom stereocenters. The minimum atomic E-state index is -1.13. The van der Waals surface area contributed by atoms with Crippen LogP contribution < -0.4 is 0 Å². The van der Waals surface area contributed by atoms with E-state index >= 15 is 0 Å². The van der Waals surface area contributed by atoms with Gasteiger partial charge in [0, 0.05) is 12.3 Å². The van der Waals surface area contributed by atoms with Crippen molar-refractivity contribution in [1.82, 2.24) is 0 Å². The lowest BCUT2D eigenvalue weighted by Gasteiger charge is -2.63. The molecule has 1 N–H and O–H groups in total. The summed E-state index contributed by atoms with van der Waals surface area (Å²) in [6, 6.07) is 0. The van der Waals surface area contributed by atoms with Crippen molar-refractivity contribution in [2.75, 3.05) is 0 Å². The minimum absolute atomic E-state index is 0.0997. The van der Waals surface area contributed by atoms with Crippen LogP contribution in [0.25, 0.3) is 0 Å². The first-order chi connectivity index (χ1) is 10.1. The molecule has 0 amide bonds. The van der Waals surface area contributed by atoms with E-state index in [1.807, 2.05) is 6.08 Å². The first-order valence-electron chi connectivity index (χ1n) is 8.97. The number of carbonyl (C=O) groups is 1. The van der Waals surface area contributed by atoms with Crippen LogP contribution in [0.2, 0.25) is 0 Å². The Bertz CT molecular complexity index is 508. The highest BCUT2D eigenvalue weighted by atomic mass is 16.3. The molecule has 0 bridgehead atoms. The zero-order valence-electron chi connectivity index (χ0n) is 14.7. The predicted molar refractivity (Wildman–Crippen MR) is 89.4 cm³/mol. The molecule has 22 heavy (non-hydrogen) atoms. The van der Waals surface area contributed by atoms with Gasteiger partial charge in [0.2, 0.25) is 0 Å². The number of carbonyl (C=O) groups excluding carboxylic acids is 1. The van der Waals surface area contributed by atoms with Crippen molar-refractivity contribution in [1.29, 1.82) is 0 Å². The van der Waals surface area contributed by atoms with Crippen LogP contribution in [0.15, 0.2) is 12.7 Å². The Morgan fingerprint density at radius 2 is 1.82 bits per heavy atom. The predicted octanol–water partition coefficient (Wildman–Crippen LogP) is 4.52. The van der Waals surface area contributed by atoms with Gasteiger partial charge in [0.05, 0.1) is 0 Å². The van der Waals surface area contributed by atoms with Crippen LogP contribution in [0.3, 0.4) is 0 Å². The standard InChI is InChI=1S/C20H32O2/c1-6-18(4)11-8-14-19(5)10-7-9-17(2,3)15(19)12-16(21)20(14,22)13-18/h6,14-15,22H,1,7-13H2,2-5H3/t14?,15-,18-,19+,20+/m0/s1. The van der Waals surface area contributed by atoms with Crippen molar-refractivity contribution in [2.45, 2.75) is 78.2 Å². The quantitative estimate of drug-likeness (QED) is 0.723. The highest BCUT2D eigenvalue weighted by Gasteiger charge is 2.65. The monoisotopic (exact) mass is 304 g/mol. The van der Waals surface area contributed by atoms with E-state index in [4.69, 9.17) is 0 Å². The van der Waals surface area contributed by atoms with Gasteiger partial charge in [-0.1, -0.05) is 40.2 Å². The van der Waals surface area contributed by atoms with Gasteiger partial charge in [-0.05, 0) is 54.3 Å². The van der Waals surface area contributed by atoms with E-state index in [1.54, 1.807) is 0 Å². The van der Waals surface area contributed by atoms with Crippen LogP contribution in [0.5, 0.6) is 0 Å². The third-order valence-electron chi connectivity index (χ3n) is 7.69. The molecule has 0 aromatic carbocycles. The van der Waals surface area contributed by atoms with Gasteiger partial charge in [0.1, 0.15) is 5.60 Å². The number of hydrogen-bond acceptors (Lipinski definition) is 2. The molecular weight excluding hydrogens is 272 g/mol. The topological polar surface area (TPSA) is 37.3 Å². The first kappa shape index (κ1) is 16.2. The lowest BCUT2D eigenvalue weighted by molar-refractivity contribution is -0.202. The van der Waals surface area contributed by atoms with E-state index in [1.165, 1.54) is 12.8 Å². The Morgan fingerprint density at radius 1 is 1.14 bits per heavy atom. The molecule has 3 aliphatic carbocycles. The summed E-state index contributed by atoms with van der Waals surface area (Å²) in [7, 11) is 0. The number of ketones is 1. The fourth-order valence-corrected chi connectivity index (χ4v) is 6.34. The fourth-order valence-electron chi connectivity index (χ4n) is 6.34. The third-order valence-corrected chi connectivity index (χ3v) is 7.69. The summed E-state index contributed by atoms with van der Waals surface area (Å²) in [6.45, 7) is 13.1. The summed E-state index contributed by atoms with van der Waals surface area (Å²) in [5.74, 6) is 0.640. The maximum absolute atomic E-state index is 13.0. The Hall–Kier alpha value is -0.630. The van der Waals surface area contributed by atoms with Gasteiger partial charge in [-0.25, -0.2) is 0 Å². The molecule has 5 atom stereocenters. The van der Waals surface area contributed by atoms with Crippen molar-refractivity contribution in [3.63, 3.8) is 0 Å². The van der Waals surface area contributed by atoms with Crippen molar-refractivity contribution >= 4 is 5.78 Å². The van der Waals surface area contributed by atoms with Gasteiger partial charge in [-0.3, -0.25) is 4.79 Å². The summed E-state index contributed by atoms with van der Waals surface area (Å²) >= 11 is 0. The smallest absolute Gasteiger partial charge is 0.164 e. The van der Waals surface area contributed by atoms with E-state index in [9.17, 15) is 9.90 Å². The SMILES string of the molecule is C=C[C@@]1(C)CCC2[C@](O)(C1)C(=O)C[C@H]1C(C)(C)CCC[C@]21C. The molecule has 3 saturated carbocycles. The molecule has 0 radical (unpaired) electrons. The highest BCUT2D eigenvalue weighted by molar-refractivity contribution is 5.89. The van der Waals surface area contributed by atoms with Crippen LogP contribution in [-0.4, -0.2) is 16.5 Å². The highest BCUT2D eigenvalue weighted by Crippen LogP contribution is 2.65. The van der Waals surface area contributed by atoms with Gasteiger partial charge in [0.15, 0.2) is 5.78 Å². The van der Waals surface area contributed by atoms with Crippen LogP contribution in [-0.2, 0) is 4.79 Å². The maximum Gasteiger partial charge on any atom is 0.164 e. The molecule has 0 heterocycles. The second-order valence-corrected chi connectivity index (χ2v) is 9.58. The summed E-state index contributed by atoms with van der Waals surface area (Å²) in [6.07, 6.45) is 8.65. The van der Waals surface area contributed by atoms with Gasteiger partial charge in [0.25, 0.3) is 0 Å². The van der Waals surface area contributed by atoms with Gasteiger partial charge < -0.3 is 5.11 Å². The Kier molecular flexibility index (Phi) is 3.46. The lowest BCUT2D eigenvalue weighted by Crippen LogP contribution is -2.65. The van der Waals surface area contributed by atoms with Crippen molar-refractivity contribution in [3.8, 4) is 0 Å². The van der Waals surface area contributed by atoms with E-state index in [-0.39, 0.29) is 27.9 Å². The van der Waals surface area contributed by atoms with Crippen molar-refractivity contribution < 1.29 is 9.90 Å². The molecule has 3 aliphatic rings. The Morgan fingerprint density at radius 3 is 2.45 bits per heavy atom. The Balaban J connectivity index is 2.03. The Labute approximate surface area is 135 Å². The zero-order valence-corrected chi connectivity index (χ0v) is 14.7. The lowest BCUT2D eigenvalue weighted by atomic mass is 9.42. The minimum Gasteiger partial charge on any atom is -0.382 e. The largest absolute Gasteiger partial charge is 0.382 e. The van der Waals surface area contributed by atoms with Crippen molar-refractivity contribution in [2.24, 2.45) is 28.1 Å². The summed E-state index contributed by atoms with van der Waals surface area (Å²) in [5, 5.41) is 11.4. The second-order valence-electron chi connectivity index (χ2n) is 9.58. The molecule has 0 aromatic rings. The number of Topliss-reactive ketones (excluding diaryl/α,β-unsaturated/α-hetero) is 1. The molecule has 3 fully saturated rings. The van der Waals surface area contributed by atoms with Gasteiger partial charge >= 0.3 is 0 Å². The van der Waals surface area contributed by atoms with Crippen LogP contribution in [0, 0.1) is 28.1 Å². The maximum atomic E-state index is 13.0. The average Bonchev–Trinajstić information content (AvgIpc) is 2.41. The van der Waals surface area contributed by atoms with Gasteiger partial charge in [-0.15, -0.1) is 6.58 Å². The second kappa shape index (κ2) is 4.69. The van der Waals surface area contributed by atoms with Crippen LogP contribution >= 0.6 is 0 Å². The average molecular weight is 304 g/mol.